The van der Waals surface area contributed by atoms with Crippen molar-refractivity contribution < 1.29 is 32.6 Å². The number of hydrogen-bond donors (Lipinski definition) is 0. The average Bonchev–Trinajstić information content (AvgIpc) is 3.39. The molecule has 0 radical (unpaired) electrons. The van der Waals surface area contributed by atoms with Crippen molar-refractivity contribution in [2.45, 2.75) is 6.92 Å². The van der Waals surface area contributed by atoms with Crippen molar-refractivity contribution in [2.24, 2.45) is 0 Å². The normalized spacial score (nSPS) is 13.8. The van der Waals surface area contributed by atoms with Crippen molar-refractivity contribution in [3.05, 3.63) is 94.7 Å². The fourth-order valence-corrected chi connectivity index (χ4v) is 3.64. The number of para-hydroxylation sites is 1. The molecule has 0 spiro atoms. The molecule has 1 aliphatic rings. The highest BCUT2D eigenvalue weighted by Crippen LogP contribution is 2.39. The van der Waals surface area contributed by atoms with Gasteiger partial charge >= 0.3 is 5.97 Å². The molecule has 0 fully saturated rings. The van der Waals surface area contributed by atoms with E-state index in [4.69, 9.17) is 18.6 Å². The number of esters is 1. The number of benzene rings is 3. The first-order chi connectivity index (χ1) is 15.9. The second kappa shape index (κ2) is 7.94. The molecule has 164 valence electrons. The van der Waals surface area contributed by atoms with E-state index in [1.165, 1.54) is 31.4 Å². The number of fused-ring (bicyclic) bond motifs is 2. The maximum Gasteiger partial charge on any atom is 0.379 e. The second-order valence-electron chi connectivity index (χ2n) is 7.44. The monoisotopic (exact) mass is 444 g/mol. The number of furan rings is 1. The van der Waals surface area contributed by atoms with Crippen LogP contribution in [-0.4, -0.2) is 18.9 Å². The van der Waals surface area contributed by atoms with Gasteiger partial charge in [0.05, 0.1) is 12.7 Å². The first kappa shape index (κ1) is 20.5. The molecule has 1 aromatic heterocycles. The Balaban J connectivity index is 1.42. The number of rotatable bonds is 4. The van der Waals surface area contributed by atoms with Crippen LogP contribution in [0.4, 0.5) is 4.39 Å². The summed E-state index contributed by atoms with van der Waals surface area (Å²) < 4.78 is 35.4. The number of Topliss-reactive ketones (excluding diaryl/α,β-unsaturated/α-hetero) is 1. The molecule has 4 aromatic rings. The van der Waals surface area contributed by atoms with Gasteiger partial charge in [-0.25, -0.2) is 9.18 Å². The Bertz CT molecular complexity index is 1450. The molecule has 0 N–H and O–H groups in total. The molecule has 7 heteroatoms. The van der Waals surface area contributed by atoms with Crippen LogP contribution in [0.5, 0.6) is 17.2 Å². The lowest BCUT2D eigenvalue weighted by molar-refractivity contribution is 0.0702. The fraction of sp³-hybridized carbons (Fsp3) is 0.0769. The lowest BCUT2D eigenvalue weighted by Gasteiger charge is -2.09. The third-order valence-electron chi connectivity index (χ3n) is 5.34. The third kappa shape index (κ3) is 3.63. The van der Waals surface area contributed by atoms with E-state index in [9.17, 15) is 14.0 Å². The van der Waals surface area contributed by atoms with E-state index < -0.39 is 5.97 Å². The van der Waals surface area contributed by atoms with E-state index in [1.807, 2.05) is 0 Å². The minimum atomic E-state index is -0.692. The number of methoxy groups -OCH3 is 1. The molecule has 3 aromatic carbocycles. The minimum Gasteiger partial charge on any atom is -0.493 e. The predicted molar refractivity (Wildman–Crippen MR) is 118 cm³/mol. The number of carbonyl (C=O) groups excluding carboxylic acids is 2. The smallest absolute Gasteiger partial charge is 0.379 e. The summed E-state index contributed by atoms with van der Waals surface area (Å²) in [5, 5.41) is 0.705. The molecular formula is C26H17FO6. The molecule has 6 nitrogen and oxygen atoms in total. The highest BCUT2D eigenvalue weighted by molar-refractivity contribution is 6.15. The standard InChI is InChI=1S/C26H17FO6/c1-14-19(33-26(29)22-13-16-4-3-5-20(30-2)25(16)32-22)11-10-18-23(28)21(31-24(14)18)12-15-6-8-17(27)9-7-15/h3-13H,1-2H3/b21-12-. The van der Waals surface area contributed by atoms with Gasteiger partial charge in [0, 0.05) is 10.9 Å². The topological polar surface area (TPSA) is 75.0 Å². The van der Waals surface area contributed by atoms with Crippen LogP contribution in [0.3, 0.4) is 0 Å². The quantitative estimate of drug-likeness (QED) is 0.228. The van der Waals surface area contributed by atoms with Gasteiger partial charge in [0.15, 0.2) is 17.1 Å². The summed E-state index contributed by atoms with van der Waals surface area (Å²) in [6, 6.07) is 15.7. The van der Waals surface area contributed by atoms with Crippen molar-refractivity contribution in [3.8, 4) is 17.2 Å². The number of ether oxygens (including phenoxy) is 3. The Morgan fingerprint density at radius 3 is 2.58 bits per heavy atom. The minimum absolute atomic E-state index is 0.0169. The molecule has 1 aliphatic heterocycles. The van der Waals surface area contributed by atoms with Gasteiger partial charge in [0.25, 0.3) is 0 Å². The van der Waals surface area contributed by atoms with E-state index in [2.05, 4.69) is 0 Å². The Kier molecular flexibility index (Phi) is 4.94. The number of ketones is 1. The summed E-state index contributed by atoms with van der Waals surface area (Å²) in [6.07, 6.45) is 1.54. The molecule has 0 aliphatic carbocycles. The van der Waals surface area contributed by atoms with Crippen LogP contribution >= 0.6 is 0 Å². The number of halogens is 1. The van der Waals surface area contributed by atoms with Gasteiger partial charge in [0.1, 0.15) is 17.3 Å². The fourth-order valence-electron chi connectivity index (χ4n) is 3.64. The molecule has 0 bridgehead atoms. The van der Waals surface area contributed by atoms with Crippen LogP contribution in [0.15, 0.2) is 70.8 Å². The van der Waals surface area contributed by atoms with Gasteiger partial charge in [-0.2, -0.15) is 0 Å². The van der Waals surface area contributed by atoms with Crippen LogP contribution < -0.4 is 14.2 Å². The van der Waals surface area contributed by atoms with E-state index in [1.54, 1.807) is 49.4 Å². The van der Waals surface area contributed by atoms with Gasteiger partial charge in [-0.3, -0.25) is 4.79 Å². The second-order valence-corrected chi connectivity index (χ2v) is 7.44. The first-order valence-corrected chi connectivity index (χ1v) is 10.1. The SMILES string of the molecule is COc1cccc2cc(C(=O)Oc3ccc4c(c3C)O/C(=C\c3ccc(F)cc3)C4=O)oc12. The van der Waals surface area contributed by atoms with E-state index >= 15 is 0 Å². The van der Waals surface area contributed by atoms with Crippen LogP contribution in [0.25, 0.3) is 17.0 Å². The molecule has 0 saturated carbocycles. The molecule has 2 heterocycles. The number of carbonyl (C=O) groups is 2. The van der Waals surface area contributed by atoms with Crippen molar-refractivity contribution in [2.75, 3.05) is 7.11 Å². The Labute approximate surface area is 187 Å². The molecule has 0 atom stereocenters. The Hall–Kier alpha value is -4.39. The summed E-state index contributed by atoms with van der Waals surface area (Å²) >= 11 is 0. The molecule has 0 saturated heterocycles. The summed E-state index contributed by atoms with van der Waals surface area (Å²) in [5.41, 5.74) is 1.92. The first-order valence-electron chi connectivity index (χ1n) is 10.1. The van der Waals surface area contributed by atoms with E-state index in [0.717, 1.165) is 0 Å². The number of hydrogen-bond acceptors (Lipinski definition) is 6. The third-order valence-corrected chi connectivity index (χ3v) is 5.34. The molecule has 33 heavy (non-hydrogen) atoms. The average molecular weight is 444 g/mol. The lowest BCUT2D eigenvalue weighted by atomic mass is 10.1. The highest BCUT2D eigenvalue weighted by Gasteiger charge is 2.31. The zero-order valence-corrected chi connectivity index (χ0v) is 17.7. The molecule has 0 unspecified atom stereocenters. The van der Waals surface area contributed by atoms with Crippen molar-refractivity contribution in [1.82, 2.24) is 0 Å². The zero-order valence-electron chi connectivity index (χ0n) is 17.7. The van der Waals surface area contributed by atoms with Gasteiger partial charge in [-0.1, -0.05) is 24.3 Å². The van der Waals surface area contributed by atoms with Crippen LogP contribution in [0.1, 0.15) is 32.0 Å². The Morgan fingerprint density at radius 1 is 1.03 bits per heavy atom. The maximum absolute atomic E-state index is 13.1. The van der Waals surface area contributed by atoms with Crippen LogP contribution in [-0.2, 0) is 0 Å². The lowest BCUT2D eigenvalue weighted by Crippen LogP contribution is -2.08. The number of allylic oxidation sites excluding steroid dienone is 1. The molecule has 5 rings (SSSR count). The molecular weight excluding hydrogens is 427 g/mol. The Morgan fingerprint density at radius 2 is 1.82 bits per heavy atom. The van der Waals surface area contributed by atoms with Gasteiger partial charge in [-0.05, 0) is 55.0 Å². The largest absolute Gasteiger partial charge is 0.493 e. The maximum atomic E-state index is 13.1. The van der Waals surface area contributed by atoms with E-state index in [-0.39, 0.29) is 28.9 Å². The van der Waals surface area contributed by atoms with Crippen molar-refractivity contribution in [3.63, 3.8) is 0 Å². The summed E-state index contributed by atoms with van der Waals surface area (Å²) in [6.45, 7) is 1.69. The zero-order chi connectivity index (χ0) is 23.1. The summed E-state index contributed by atoms with van der Waals surface area (Å²) in [5.74, 6) is -0.192. The van der Waals surface area contributed by atoms with E-state index in [0.29, 0.717) is 39.2 Å². The van der Waals surface area contributed by atoms with Gasteiger partial charge in [0.2, 0.25) is 11.5 Å². The predicted octanol–water partition coefficient (Wildman–Crippen LogP) is 5.72. The highest BCUT2D eigenvalue weighted by atomic mass is 19.1. The van der Waals surface area contributed by atoms with Crippen molar-refractivity contribution >= 4 is 28.8 Å². The molecule has 0 amide bonds. The van der Waals surface area contributed by atoms with Crippen LogP contribution in [0, 0.1) is 12.7 Å². The van der Waals surface area contributed by atoms with Gasteiger partial charge in [-0.15, -0.1) is 0 Å². The summed E-state index contributed by atoms with van der Waals surface area (Å²) in [4.78, 5) is 25.5. The van der Waals surface area contributed by atoms with Crippen molar-refractivity contribution in [1.29, 1.82) is 0 Å². The van der Waals surface area contributed by atoms with Crippen LogP contribution in [0.2, 0.25) is 0 Å². The summed E-state index contributed by atoms with van der Waals surface area (Å²) in [7, 11) is 1.52. The van der Waals surface area contributed by atoms with Gasteiger partial charge < -0.3 is 18.6 Å².